The van der Waals surface area contributed by atoms with Crippen LogP contribution in [-0.2, 0) is 21.1 Å². The third-order valence-electron chi connectivity index (χ3n) is 3.97. The molecule has 2 saturated carbocycles. The van der Waals surface area contributed by atoms with E-state index in [2.05, 4.69) is 0 Å². The van der Waals surface area contributed by atoms with E-state index in [0.29, 0.717) is 5.92 Å². The van der Waals surface area contributed by atoms with Crippen LogP contribution >= 0.6 is 0 Å². The quantitative estimate of drug-likeness (QED) is 0.599. The predicted octanol–water partition coefficient (Wildman–Crippen LogP) is 2.75. The Morgan fingerprint density at radius 3 is 2.43 bits per heavy atom. The molecule has 0 bridgehead atoms. The van der Waals surface area contributed by atoms with Gasteiger partial charge in [-0.3, -0.25) is 4.79 Å². The molecule has 0 radical (unpaired) electrons. The average Bonchev–Trinajstić information content (AvgIpc) is 3.27. The Morgan fingerprint density at radius 2 is 1.86 bits per heavy atom. The van der Waals surface area contributed by atoms with Crippen LogP contribution in [0, 0.1) is 11.8 Å². The maximum atomic E-state index is 12.5. The molecule has 0 heterocycles. The highest BCUT2D eigenvalue weighted by atomic mass is 32.2. The largest absolute Gasteiger partial charge is 0.425 e. The number of ether oxygens (including phenoxy) is 1. The van der Waals surface area contributed by atoms with E-state index in [-0.39, 0.29) is 22.3 Å². The molecule has 0 N–H and O–H groups in total. The monoisotopic (exact) mass is 308 g/mol. The lowest BCUT2D eigenvalue weighted by molar-refractivity contribution is -0.132. The summed E-state index contributed by atoms with van der Waals surface area (Å²) in [6.45, 7) is 1.29. The molecule has 0 amide bonds. The molecule has 0 aromatic heterocycles. The van der Waals surface area contributed by atoms with Gasteiger partial charge in [-0.15, -0.1) is 0 Å². The Labute approximate surface area is 125 Å². The van der Waals surface area contributed by atoms with E-state index < -0.39 is 15.8 Å². The molecule has 0 atom stereocenters. The second kappa shape index (κ2) is 5.44. The molecule has 2 aliphatic carbocycles. The van der Waals surface area contributed by atoms with Crippen LogP contribution < -0.4 is 4.74 Å². The summed E-state index contributed by atoms with van der Waals surface area (Å²) in [7, 11) is -3.39. The first kappa shape index (κ1) is 14.6. The fourth-order valence-corrected chi connectivity index (χ4v) is 4.38. The Kier molecular flexibility index (Phi) is 3.78. The molecule has 1 aromatic rings. The average molecular weight is 308 g/mol. The summed E-state index contributed by atoms with van der Waals surface area (Å²) in [6, 6.07) is 5.19. The van der Waals surface area contributed by atoms with Crippen molar-refractivity contribution in [3.8, 4) is 5.75 Å². The summed E-state index contributed by atoms with van der Waals surface area (Å²) in [5.41, 5.74) is 1.02. The van der Waals surface area contributed by atoms with E-state index in [1.165, 1.54) is 19.8 Å². The molecule has 4 nitrogen and oxygen atoms in total. The van der Waals surface area contributed by atoms with Crippen LogP contribution in [0.5, 0.6) is 5.75 Å². The maximum absolute atomic E-state index is 12.5. The second-order valence-electron chi connectivity index (χ2n) is 6.25. The highest BCUT2D eigenvalue weighted by molar-refractivity contribution is 7.91. The zero-order valence-electron chi connectivity index (χ0n) is 12.2. The Balaban J connectivity index is 1.93. The summed E-state index contributed by atoms with van der Waals surface area (Å²) in [5.74, 6) is 0.792. The van der Waals surface area contributed by atoms with Gasteiger partial charge in [0.15, 0.2) is 9.84 Å². The fourth-order valence-electron chi connectivity index (χ4n) is 2.50. The molecule has 0 unspecified atom stereocenters. The van der Waals surface area contributed by atoms with Crippen LogP contribution in [0.3, 0.4) is 0 Å². The van der Waals surface area contributed by atoms with Crippen molar-refractivity contribution in [3.63, 3.8) is 0 Å². The zero-order valence-corrected chi connectivity index (χ0v) is 13.0. The number of hydrogen-bond acceptors (Lipinski definition) is 4. The molecule has 1 aromatic carbocycles. The Bertz CT molecular complexity index is 655. The van der Waals surface area contributed by atoms with Gasteiger partial charge in [-0.05, 0) is 61.6 Å². The molecule has 21 heavy (non-hydrogen) atoms. The molecular formula is C16H20O4S. The number of sulfone groups is 1. The first-order valence-corrected chi connectivity index (χ1v) is 9.13. The van der Waals surface area contributed by atoms with Crippen molar-refractivity contribution in [3.05, 3.63) is 23.8 Å². The molecule has 2 aliphatic rings. The van der Waals surface area contributed by atoms with Gasteiger partial charge in [-0.1, -0.05) is 6.07 Å². The molecule has 2 fully saturated rings. The highest BCUT2D eigenvalue weighted by Crippen LogP contribution is 2.37. The minimum Gasteiger partial charge on any atom is -0.425 e. The van der Waals surface area contributed by atoms with Crippen molar-refractivity contribution < 1.29 is 17.9 Å². The number of esters is 1. The topological polar surface area (TPSA) is 60.4 Å². The smallest absolute Gasteiger partial charge is 0.308 e. The summed E-state index contributed by atoms with van der Waals surface area (Å²) in [6.07, 6.45) is 5.30. The van der Waals surface area contributed by atoms with E-state index in [9.17, 15) is 13.2 Å². The van der Waals surface area contributed by atoms with Crippen molar-refractivity contribution in [1.82, 2.24) is 0 Å². The van der Waals surface area contributed by atoms with Crippen molar-refractivity contribution in [1.29, 1.82) is 0 Å². The zero-order chi connectivity index (χ0) is 15.0. The van der Waals surface area contributed by atoms with Crippen molar-refractivity contribution in [2.45, 2.75) is 43.9 Å². The van der Waals surface area contributed by atoms with Gasteiger partial charge in [0.25, 0.3) is 0 Å². The molecule has 5 heteroatoms. The van der Waals surface area contributed by atoms with Crippen molar-refractivity contribution >= 4 is 15.8 Å². The lowest BCUT2D eigenvalue weighted by Crippen LogP contribution is -2.13. The molecule has 0 spiro atoms. The number of carbonyl (C=O) groups excluding carboxylic acids is 1. The minimum atomic E-state index is -3.39. The summed E-state index contributed by atoms with van der Waals surface area (Å²) >= 11 is 0. The SMILES string of the molecule is CC(=O)Oc1ccc(CC2CC2)cc1S(=O)(=O)CC1CC1. The van der Waals surface area contributed by atoms with Gasteiger partial charge in [0, 0.05) is 6.92 Å². The summed E-state index contributed by atoms with van der Waals surface area (Å²) < 4.78 is 30.2. The van der Waals surface area contributed by atoms with Gasteiger partial charge in [0.2, 0.25) is 0 Å². The molecular weight excluding hydrogens is 288 g/mol. The Hall–Kier alpha value is -1.36. The van der Waals surface area contributed by atoms with E-state index in [1.54, 1.807) is 12.1 Å². The second-order valence-corrected chi connectivity index (χ2v) is 8.25. The van der Waals surface area contributed by atoms with Gasteiger partial charge in [-0.2, -0.15) is 0 Å². The van der Waals surface area contributed by atoms with Crippen LogP contribution in [-0.4, -0.2) is 20.1 Å². The lowest BCUT2D eigenvalue weighted by atomic mass is 10.1. The minimum absolute atomic E-state index is 0.161. The fraction of sp³-hybridized carbons (Fsp3) is 0.562. The Morgan fingerprint density at radius 1 is 1.19 bits per heavy atom. The first-order valence-electron chi connectivity index (χ1n) is 7.48. The molecule has 0 saturated heterocycles. The van der Waals surface area contributed by atoms with Crippen LogP contribution in [0.4, 0.5) is 0 Å². The third kappa shape index (κ3) is 3.84. The van der Waals surface area contributed by atoms with Gasteiger partial charge in [0.05, 0.1) is 5.75 Å². The molecule has 114 valence electrons. The number of carbonyl (C=O) groups is 1. The molecule has 0 aliphatic heterocycles. The standard InChI is InChI=1S/C16H20O4S/c1-11(17)20-15-7-6-14(8-12-2-3-12)9-16(15)21(18,19)10-13-4-5-13/h6-7,9,12-13H,2-5,8,10H2,1H3. The first-order chi connectivity index (χ1) is 9.94. The molecule has 3 rings (SSSR count). The number of benzene rings is 1. The summed E-state index contributed by atoms with van der Waals surface area (Å²) in [4.78, 5) is 11.4. The van der Waals surface area contributed by atoms with Gasteiger partial charge < -0.3 is 4.74 Å². The van der Waals surface area contributed by atoms with Crippen molar-refractivity contribution in [2.75, 3.05) is 5.75 Å². The normalized spacial score (nSPS) is 18.5. The van der Waals surface area contributed by atoms with E-state index in [0.717, 1.165) is 24.8 Å². The summed E-state index contributed by atoms with van der Waals surface area (Å²) in [5, 5.41) is 0. The maximum Gasteiger partial charge on any atom is 0.308 e. The van der Waals surface area contributed by atoms with Crippen LogP contribution in [0.25, 0.3) is 0 Å². The van der Waals surface area contributed by atoms with Gasteiger partial charge >= 0.3 is 5.97 Å². The number of hydrogen-bond donors (Lipinski definition) is 0. The third-order valence-corrected chi connectivity index (χ3v) is 5.87. The van der Waals surface area contributed by atoms with Crippen LogP contribution in [0.2, 0.25) is 0 Å². The highest BCUT2D eigenvalue weighted by Gasteiger charge is 2.31. The van der Waals surface area contributed by atoms with Crippen LogP contribution in [0.1, 0.15) is 38.2 Å². The van der Waals surface area contributed by atoms with Gasteiger partial charge in [0.1, 0.15) is 10.6 Å². The van der Waals surface area contributed by atoms with E-state index in [1.807, 2.05) is 6.07 Å². The van der Waals surface area contributed by atoms with Gasteiger partial charge in [-0.25, -0.2) is 8.42 Å². The number of rotatable bonds is 6. The van der Waals surface area contributed by atoms with E-state index >= 15 is 0 Å². The van der Waals surface area contributed by atoms with E-state index in [4.69, 9.17) is 4.74 Å². The lowest BCUT2D eigenvalue weighted by Gasteiger charge is -2.12. The van der Waals surface area contributed by atoms with Crippen molar-refractivity contribution in [2.24, 2.45) is 11.8 Å². The van der Waals surface area contributed by atoms with Crippen LogP contribution in [0.15, 0.2) is 23.1 Å². The predicted molar refractivity (Wildman–Crippen MR) is 79.0 cm³/mol.